The van der Waals surface area contributed by atoms with Crippen molar-refractivity contribution < 1.29 is 5.11 Å². The van der Waals surface area contributed by atoms with E-state index in [0.717, 1.165) is 36.3 Å². The maximum Gasteiger partial charge on any atom is 0.258 e. The standard InChI is InChI=1S/C21H21BrN4O2/c1-25-8-10-26(11-9-25)16-5-3-15(4-6-16)23-13-19-18-12-14(22)2-7-17(18)20(27)24-21(19)28/h2-7,12-13H,8-11H2,1H3,(H2,24,27,28). The Bertz CT molecular complexity index is 1080. The van der Waals surface area contributed by atoms with Crippen LogP contribution in [0.25, 0.3) is 10.8 Å². The fraction of sp³-hybridized carbons (Fsp3) is 0.238. The SMILES string of the molecule is CN1CCN(c2ccc(N=Cc3c(O)[nH]c(=O)c4ccc(Br)cc34)cc2)CC1. The number of nitrogens with one attached hydrogen (secondary N) is 1. The van der Waals surface area contributed by atoms with Crippen molar-refractivity contribution in [2.75, 3.05) is 38.1 Å². The van der Waals surface area contributed by atoms with E-state index in [1.807, 2.05) is 18.2 Å². The molecule has 1 fully saturated rings. The number of piperazine rings is 1. The Morgan fingerprint density at radius 3 is 2.50 bits per heavy atom. The molecule has 0 unspecified atom stereocenters. The minimum absolute atomic E-state index is 0.187. The number of fused-ring (bicyclic) bond motifs is 1. The first-order chi connectivity index (χ1) is 13.5. The van der Waals surface area contributed by atoms with Gasteiger partial charge >= 0.3 is 0 Å². The van der Waals surface area contributed by atoms with Crippen LogP contribution in [0.15, 0.2) is 56.7 Å². The number of halogens is 1. The van der Waals surface area contributed by atoms with Gasteiger partial charge in [-0.2, -0.15) is 0 Å². The molecule has 0 aliphatic carbocycles. The summed E-state index contributed by atoms with van der Waals surface area (Å²) in [7, 11) is 2.14. The van der Waals surface area contributed by atoms with E-state index < -0.39 is 0 Å². The molecule has 3 aromatic rings. The molecule has 4 rings (SSSR count). The van der Waals surface area contributed by atoms with Crippen LogP contribution in [-0.2, 0) is 0 Å². The molecule has 2 N–H and O–H groups in total. The number of H-pyrrole nitrogens is 1. The van der Waals surface area contributed by atoms with Gasteiger partial charge in [-0.25, -0.2) is 0 Å². The summed E-state index contributed by atoms with van der Waals surface area (Å²) in [6.45, 7) is 4.17. The molecule has 1 saturated heterocycles. The summed E-state index contributed by atoms with van der Waals surface area (Å²) < 4.78 is 0.830. The van der Waals surface area contributed by atoms with Crippen molar-refractivity contribution in [3.63, 3.8) is 0 Å². The lowest BCUT2D eigenvalue weighted by atomic mass is 10.1. The van der Waals surface area contributed by atoms with Gasteiger partial charge in [0, 0.05) is 53.3 Å². The fourth-order valence-corrected chi connectivity index (χ4v) is 3.75. The van der Waals surface area contributed by atoms with Crippen molar-refractivity contribution in [3.8, 4) is 5.88 Å². The Kier molecular flexibility index (Phi) is 5.19. The molecule has 2 heterocycles. The smallest absolute Gasteiger partial charge is 0.258 e. The summed E-state index contributed by atoms with van der Waals surface area (Å²) in [6, 6.07) is 13.4. The lowest BCUT2D eigenvalue weighted by Crippen LogP contribution is -2.44. The zero-order valence-electron chi connectivity index (χ0n) is 15.5. The lowest BCUT2D eigenvalue weighted by molar-refractivity contribution is 0.313. The predicted octanol–water partition coefficient (Wildman–Crippen LogP) is 3.50. The van der Waals surface area contributed by atoms with Gasteiger partial charge in [-0.3, -0.25) is 14.8 Å². The molecule has 0 bridgehead atoms. The van der Waals surface area contributed by atoms with Crippen LogP contribution in [-0.4, -0.2) is 54.4 Å². The number of aromatic amines is 1. The number of anilines is 1. The van der Waals surface area contributed by atoms with Gasteiger partial charge in [0.1, 0.15) is 0 Å². The molecule has 144 valence electrons. The molecule has 6 nitrogen and oxygen atoms in total. The average Bonchev–Trinajstić information content (AvgIpc) is 2.68. The number of rotatable bonds is 3. The van der Waals surface area contributed by atoms with E-state index in [2.05, 4.69) is 54.9 Å². The Labute approximate surface area is 171 Å². The number of nitrogens with zero attached hydrogens (tertiary/aromatic N) is 3. The highest BCUT2D eigenvalue weighted by Crippen LogP contribution is 2.26. The van der Waals surface area contributed by atoms with Gasteiger partial charge in [0.25, 0.3) is 5.56 Å². The van der Waals surface area contributed by atoms with E-state index in [4.69, 9.17) is 0 Å². The topological polar surface area (TPSA) is 71.9 Å². The quantitative estimate of drug-likeness (QED) is 0.611. The van der Waals surface area contributed by atoms with Gasteiger partial charge in [-0.05, 0) is 49.5 Å². The van der Waals surface area contributed by atoms with Crippen LogP contribution in [0.2, 0.25) is 0 Å². The molecular formula is C21H21BrN4O2. The molecule has 1 aromatic heterocycles. The third kappa shape index (κ3) is 3.81. The van der Waals surface area contributed by atoms with Crippen molar-refractivity contribution in [1.29, 1.82) is 0 Å². The normalized spacial score (nSPS) is 15.6. The second-order valence-corrected chi connectivity index (χ2v) is 7.89. The Morgan fingerprint density at radius 2 is 1.79 bits per heavy atom. The summed E-state index contributed by atoms with van der Waals surface area (Å²) in [4.78, 5) is 23.7. The molecule has 0 radical (unpaired) electrons. The molecule has 7 heteroatoms. The third-order valence-electron chi connectivity index (χ3n) is 5.06. The van der Waals surface area contributed by atoms with Gasteiger partial charge in [0.05, 0.1) is 11.3 Å². The minimum atomic E-state index is -0.325. The van der Waals surface area contributed by atoms with Crippen LogP contribution in [0.4, 0.5) is 11.4 Å². The van der Waals surface area contributed by atoms with E-state index in [-0.39, 0.29) is 11.4 Å². The second kappa shape index (κ2) is 7.77. The first kappa shape index (κ1) is 18.7. The second-order valence-electron chi connectivity index (χ2n) is 6.97. The first-order valence-corrected chi connectivity index (χ1v) is 9.93. The molecule has 0 spiro atoms. The van der Waals surface area contributed by atoms with E-state index in [1.54, 1.807) is 18.3 Å². The summed E-state index contributed by atoms with van der Waals surface area (Å²) in [5.41, 5.74) is 2.13. The van der Waals surface area contributed by atoms with Crippen LogP contribution in [0.5, 0.6) is 5.88 Å². The van der Waals surface area contributed by atoms with Crippen molar-refractivity contribution >= 4 is 44.3 Å². The van der Waals surface area contributed by atoms with Crippen LogP contribution in [0.3, 0.4) is 0 Å². The monoisotopic (exact) mass is 440 g/mol. The van der Waals surface area contributed by atoms with Crippen molar-refractivity contribution in [2.45, 2.75) is 0 Å². The van der Waals surface area contributed by atoms with Gasteiger partial charge in [-0.15, -0.1) is 0 Å². The molecule has 28 heavy (non-hydrogen) atoms. The molecule has 0 saturated carbocycles. The van der Waals surface area contributed by atoms with Crippen LogP contribution in [0, 0.1) is 0 Å². The number of aromatic nitrogens is 1. The summed E-state index contributed by atoms with van der Waals surface area (Å²) in [5, 5.41) is 11.4. The molecule has 0 atom stereocenters. The third-order valence-corrected chi connectivity index (χ3v) is 5.56. The number of aliphatic imine (C=N–C) groups is 1. The Morgan fingerprint density at radius 1 is 1.07 bits per heavy atom. The van der Waals surface area contributed by atoms with Crippen molar-refractivity contribution in [2.24, 2.45) is 4.99 Å². The van der Waals surface area contributed by atoms with E-state index >= 15 is 0 Å². The van der Waals surface area contributed by atoms with Crippen LogP contribution >= 0.6 is 15.9 Å². The predicted molar refractivity (Wildman–Crippen MR) is 117 cm³/mol. The fourth-order valence-electron chi connectivity index (χ4n) is 3.39. The largest absolute Gasteiger partial charge is 0.494 e. The maximum atomic E-state index is 12.1. The summed E-state index contributed by atoms with van der Waals surface area (Å²) >= 11 is 3.42. The highest BCUT2D eigenvalue weighted by Gasteiger charge is 2.14. The van der Waals surface area contributed by atoms with Crippen LogP contribution < -0.4 is 10.5 Å². The Hall–Kier alpha value is -2.64. The highest BCUT2D eigenvalue weighted by atomic mass is 79.9. The number of benzene rings is 2. The first-order valence-electron chi connectivity index (χ1n) is 9.13. The number of pyridine rings is 1. The van der Waals surface area contributed by atoms with Crippen molar-refractivity contribution in [1.82, 2.24) is 9.88 Å². The average molecular weight is 441 g/mol. The lowest BCUT2D eigenvalue weighted by Gasteiger charge is -2.34. The summed E-state index contributed by atoms with van der Waals surface area (Å²) in [6.07, 6.45) is 1.59. The number of hydrogen-bond donors (Lipinski definition) is 2. The van der Waals surface area contributed by atoms with E-state index in [1.165, 1.54) is 5.69 Å². The Balaban J connectivity index is 1.61. The zero-order chi connectivity index (χ0) is 19.7. The molecule has 2 aromatic carbocycles. The van der Waals surface area contributed by atoms with Gasteiger partial charge in [0.2, 0.25) is 5.88 Å². The molecule has 1 aliphatic rings. The number of hydrogen-bond acceptors (Lipinski definition) is 5. The molecule has 1 aliphatic heterocycles. The maximum absolute atomic E-state index is 12.1. The summed E-state index contributed by atoms with van der Waals surface area (Å²) in [5.74, 6) is -0.187. The van der Waals surface area contributed by atoms with Gasteiger partial charge in [0.15, 0.2) is 0 Å². The number of likely N-dealkylation sites (N-methyl/N-ethyl adjacent to an activating group) is 1. The van der Waals surface area contributed by atoms with Gasteiger partial charge < -0.3 is 14.9 Å². The van der Waals surface area contributed by atoms with E-state index in [0.29, 0.717) is 16.3 Å². The number of aromatic hydroxyl groups is 1. The van der Waals surface area contributed by atoms with Crippen molar-refractivity contribution in [3.05, 3.63) is 62.9 Å². The van der Waals surface area contributed by atoms with Crippen LogP contribution in [0.1, 0.15) is 5.56 Å². The molecular weight excluding hydrogens is 420 g/mol. The van der Waals surface area contributed by atoms with Gasteiger partial charge in [-0.1, -0.05) is 15.9 Å². The van der Waals surface area contributed by atoms with E-state index in [9.17, 15) is 9.90 Å². The minimum Gasteiger partial charge on any atom is -0.494 e. The highest BCUT2D eigenvalue weighted by molar-refractivity contribution is 9.10. The zero-order valence-corrected chi connectivity index (χ0v) is 17.1. The molecule has 0 amide bonds.